The van der Waals surface area contributed by atoms with E-state index < -0.39 is 0 Å². The SMILES string of the molecule is COCCN1CC(c2ccccc2)[C@H](NC(=O)Nc2c(-c3ccccc3)nc(C)c3ccc(OC)cc23)C1. The van der Waals surface area contributed by atoms with Crippen LogP contribution in [-0.4, -0.2) is 62.4 Å². The molecule has 1 aromatic heterocycles. The van der Waals surface area contributed by atoms with Gasteiger partial charge in [-0.1, -0.05) is 60.7 Å². The second kappa shape index (κ2) is 11.6. The Morgan fingerprint density at radius 3 is 2.42 bits per heavy atom. The molecule has 1 fully saturated rings. The van der Waals surface area contributed by atoms with Gasteiger partial charge in [0.05, 0.1) is 31.1 Å². The second-order valence-electron chi connectivity index (χ2n) is 9.67. The molecule has 0 bridgehead atoms. The number of hydrogen-bond acceptors (Lipinski definition) is 5. The molecule has 0 saturated carbocycles. The van der Waals surface area contributed by atoms with Gasteiger partial charge in [0.15, 0.2) is 0 Å². The van der Waals surface area contributed by atoms with E-state index >= 15 is 0 Å². The number of aryl methyl sites for hydroxylation is 1. The Labute approximate surface area is 223 Å². The molecule has 1 aliphatic heterocycles. The first-order valence-electron chi connectivity index (χ1n) is 12.9. The summed E-state index contributed by atoms with van der Waals surface area (Å²) in [5.74, 6) is 0.902. The lowest BCUT2D eigenvalue weighted by molar-refractivity contribution is 0.159. The summed E-state index contributed by atoms with van der Waals surface area (Å²) < 4.78 is 10.8. The molecule has 1 unspecified atom stereocenters. The zero-order valence-corrected chi connectivity index (χ0v) is 22.1. The summed E-state index contributed by atoms with van der Waals surface area (Å²) in [5.41, 5.74) is 4.44. The zero-order valence-electron chi connectivity index (χ0n) is 22.1. The topological polar surface area (TPSA) is 75.7 Å². The van der Waals surface area contributed by atoms with Crippen molar-refractivity contribution in [3.05, 3.63) is 90.1 Å². The number of amides is 2. The van der Waals surface area contributed by atoms with Gasteiger partial charge in [0.25, 0.3) is 0 Å². The highest BCUT2D eigenvalue weighted by Crippen LogP contribution is 2.37. The van der Waals surface area contributed by atoms with Crippen molar-refractivity contribution in [3.8, 4) is 17.0 Å². The molecule has 1 aliphatic rings. The van der Waals surface area contributed by atoms with E-state index in [1.54, 1.807) is 14.2 Å². The van der Waals surface area contributed by atoms with Crippen LogP contribution in [0.5, 0.6) is 5.75 Å². The molecular weight excluding hydrogens is 476 g/mol. The first-order chi connectivity index (χ1) is 18.6. The molecule has 38 heavy (non-hydrogen) atoms. The lowest BCUT2D eigenvalue weighted by Crippen LogP contribution is -2.42. The van der Waals surface area contributed by atoms with Crippen LogP contribution in [0.25, 0.3) is 22.0 Å². The van der Waals surface area contributed by atoms with Crippen LogP contribution in [0.2, 0.25) is 0 Å². The first-order valence-corrected chi connectivity index (χ1v) is 12.9. The number of nitrogens with one attached hydrogen (secondary N) is 2. The Balaban J connectivity index is 1.48. The van der Waals surface area contributed by atoms with E-state index in [1.165, 1.54) is 5.56 Å². The van der Waals surface area contributed by atoms with Crippen LogP contribution < -0.4 is 15.4 Å². The predicted molar refractivity (Wildman–Crippen MR) is 152 cm³/mol. The van der Waals surface area contributed by atoms with Gasteiger partial charge in [0, 0.05) is 54.7 Å². The Morgan fingerprint density at radius 1 is 0.974 bits per heavy atom. The monoisotopic (exact) mass is 510 g/mol. The quantitative estimate of drug-likeness (QED) is 0.330. The van der Waals surface area contributed by atoms with Crippen molar-refractivity contribution in [3.63, 3.8) is 0 Å². The number of aromatic nitrogens is 1. The summed E-state index contributed by atoms with van der Waals surface area (Å²) in [6.07, 6.45) is 0. The van der Waals surface area contributed by atoms with Crippen molar-refractivity contribution >= 4 is 22.5 Å². The maximum absolute atomic E-state index is 13.6. The highest BCUT2D eigenvalue weighted by Gasteiger charge is 2.34. The van der Waals surface area contributed by atoms with E-state index in [1.807, 2.05) is 73.7 Å². The molecule has 1 saturated heterocycles. The number of carbonyl (C=O) groups is 1. The van der Waals surface area contributed by atoms with Crippen LogP contribution in [0.15, 0.2) is 78.9 Å². The van der Waals surface area contributed by atoms with Gasteiger partial charge in [-0.25, -0.2) is 4.79 Å². The Bertz CT molecular complexity index is 1390. The third-order valence-electron chi connectivity index (χ3n) is 7.24. The summed E-state index contributed by atoms with van der Waals surface area (Å²) in [6, 6.07) is 25.9. The minimum absolute atomic E-state index is 0.0476. The average molecular weight is 511 g/mol. The number of rotatable bonds is 8. The number of benzene rings is 3. The van der Waals surface area contributed by atoms with Crippen molar-refractivity contribution in [2.75, 3.05) is 45.8 Å². The van der Waals surface area contributed by atoms with Gasteiger partial charge < -0.3 is 20.1 Å². The molecule has 0 radical (unpaired) electrons. The highest BCUT2D eigenvalue weighted by molar-refractivity contribution is 6.07. The Morgan fingerprint density at radius 2 is 1.71 bits per heavy atom. The first kappa shape index (κ1) is 25.7. The molecule has 0 aliphatic carbocycles. The van der Waals surface area contributed by atoms with Gasteiger partial charge in [0.2, 0.25) is 0 Å². The summed E-state index contributed by atoms with van der Waals surface area (Å²) in [6.45, 7) is 5.08. The van der Waals surface area contributed by atoms with Crippen molar-refractivity contribution in [2.45, 2.75) is 18.9 Å². The third kappa shape index (κ3) is 5.49. The van der Waals surface area contributed by atoms with Crippen LogP contribution >= 0.6 is 0 Å². The molecule has 2 amide bonds. The molecule has 4 aromatic rings. The number of urea groups is 1. The molecule has 2 heterocycles. The van der Waals surface area contributed by atoms with E-state index in [4.69, 9.17) is 14.5 Å². The number of anilines is 1. The number of ether oxygens (including phenoxy) is 2. The minimum Gasteiger partial charge on any atom is -0.497 e. The van der Waals surface area contributed by atoms with Crippen LogP contribution in [-0.2, 0) is 4.74 Å². The maximum atomic E-state index is 13.6. The molecule has 2 atom stereocenters. The van der Waals surface area contributed by atoms with E-state index in [0.717, 1.165) is 53.1 Å². The van der Waals surface area contributed by atoms with E-state index in [0.29, 0.717) is 12.3 Å². The van der Waals surface area contributed by atoms with Crippen molar-refractivity contribution in [1.82, 2.24) is 15.2 Å². The van der Waals surface area contributed by atoms with Gasteiger partial charge in [0.1, 0.15) is 5.75 Å². The summed E-state index contributed by atoms with van der Waals surface area (Å²) in [4.78, 5) is 20.9. The Hall–Kier alpha value is -3.94. The summed E-state index contributed by atoms with van der Waals surface area (Å²) in [7, 11) is 3.36. The van der Waals surface area contributed by atoms with E-state index in [2.05, 4.69) is 27.7 Å². The number of fused-ring (bicyclic) bond motifs is 1. The van der Waals surface area contributed by atoms with Crippen molar-refractivity contribution in [1.29, 1.82) is 0 Å². The molecular formula is C31H34N4O3. The van der Waals surface area contributed by atoms with Crippen LogP contribution in [0.3, 0.4) is 0 Å². The van der Waals surface area contributed by atoms with Gasteiger partial charge >= 0.3 is 6.03 Å². The number of nitrogens with zero attached hydrogens (tertiary/aromatic N) is 2. The maximum Gasteiger partial charge on any atom is 0.319 e. The Kier molecular flexibility index (Phi) is 7.86. The van der Waals surface area contributed by atoms with Gasteiger partial charge in [-0.15, -0.1) is 0 Å². The molecule has 5 rings (SSSR count). The lowest BCUT2D eigenvalue weighted by atomic mass is 9.94. The van der Waals surface area contributed by atoms with Crippen molar-refractivity contribution in [2.24, 2.45) is 0 Å². The zero-order chi connectivity index (χ0) is 26.5. The van der Waals surface area contributed by atoms with E-state index in [-0.39, 0.29) is 18.0 Å². The number of pyridine rings is 1. The third-order valence-corrected chi connectivity index (χ3v) is 7.24. The fourth-order valence-electron chi connectivity index (χ4n) is 5.31. The number of likely N-dealkylation sites (tertiary alicyclic amines) is 1. The van der Waals surface area contributed by atoms with Crippen LogP contribution in [0.1, 0.15) is 17.2 Å². The largest absolute Gasteiger partial charge is 0.497 e. The fraction of sp³-hybridized carbons (Fsp3) is 0.290. The lowest BCUT2D eigenvalue weighted by Gasteiger charge is -2.22. The second-order valence-corrected chi connectivity index (χ2v) is 9.67. The molecule has 196 valence electrons. The molecule has 0 spiro atoms. The average Bonchev–Trinajstić information content (AvgIpc) is 3.36. The summed E-state index contributed by atoms with van der Waals surface area (Å²) >= 11 is 0. The molecule has 2 N–H and O–H groups in total. The normalized spacial score (nSPS) is 17.4. The van der Waals surface area contributed by atoms with Crippen molar-refractivity contribution < 1.29 is 14.3 Å². The number of carbonyl (C=O) groups excluding carboxylic acids is 1. The van der Waals surface area contributed by atoms with Gasteiger partial charge in [-0.3, -0.25) is 9.88 Å². The molecule has 7 nitrogen and oxygen atoms in total. The smallest absolute Gasteiger partial charge is 0.319 e. The standard InChI is InChI=1S/C31H34N4O3/c1-21-25-15-14-24(38-3)18-26(25)30(29(32-21)23-12-8-5-9-13-23)34-31(36)33-28-20-35(16-17-37-2)19-27(28)22-10-6-4-7-11-22/h4-15,18,27-28H,16-17,19-20H2,1-3H3,(H2,33,34,36)/t27?,28-/m1/s1. The van der Waals surface area contributed by atoms with E-state index in [9.17, 15) is 4.79 Å². The van der Waals surface area contributed by atoms with Gasteiger partial charge in [-0.2, -0.15) is 0 Å². The molecule has 7 heteroatoms. The number of methoxy groups -OCH3 is 2. The van der Waals surface area contributed by atoms with Gasteiger partial charge in [-0.05, 0) is 30.7 Å². The van der Waals surface area contributed by atoms with Crippen LogP contribution in [0, 0.1) is 6.92 Å². The highest BCUT2D eigenvalue weighted by atomic mass is 16.5. The molecule has 3 aromatic carbocycles. The predicted octanol–water partition coefficient (Wildman–Crippen LogP) is 5.45. The number of hydrogen-bond donors (Lipinski definition) is 2. The van der Waals surface area contributed by atoms with Crippen LogP contribution in [0.4, 0.5) is 10.5 Å². The fourth-order valence-corrected chi connectivity index (χ4v) is 5.31. The summed E-state index contributed by atoms with van der Waals surface area (Å²) in [5, 5.41) is 8.31. The minimum atomic E-state index is -0.253.